The fourth-order valence-electron chi connectivity index (χ4n) is 1.86. The first-order valence-electron chi connectivity index (χ1n) is 6.64. The van der Waals surface area contributed by atoms with Gasteiger partial charge in [-0.25, -0.2) is 8.78 Å². The number of hydrogen-bond acceptors (Lipinski definition) is 2. The van der Waals surface area contributed by atoms with Gasteiger partial charge in [0.25, 0.3) is 5.92 Å². The largest absolute Gasteiger partial charge is 0.388 e. The topological polar surface area (TPSA) is 18.5 Å². The lowest BCUT2D eigenvalue weighted by atomic mass is 10.2. The molecule has 0 N–H and O–H groups in total. The number of ether oxygens (including phenoxy) is 1. The zero-order valence-electron chi connectivity index (χ0n) is 11.8. The Bertz CT molecular complexity index is 218. The average Bonchev–Trinajstić information content (AvgIpc) is 2.35. The second-order valence-electron chi connectivity index (χ2n) is 4.35. The van der Waals surface area contributed by atoms with Crippen molar-refractivity contribution in [3.8, 4) is 0 Å². The Balaban J connectivity index is 4.89. The fourth-order valence-corrected chi connectivity index (χ4v) is 5.09. The summed E-state index contributed by atoms with van der Waals surface area (Å²) in [6.45, 7) is 8.01. The van der Waals surface area contributed by atoms with Crippen LogP contribution in [-0.2, 0) is 9.16 Å². The van der Waals surface area contributed by atoms with Crippen LogP contribution >= 0.6 is 15.9 Å². The standard InChI is InChI=1S/C12H25BrF2O2Si/c1-5-16-11(12(14,15)9-10-13)17-18(6-2,7-3)8-4/h11H,5-10H2,1-4H3. The first-order valence-corrected chi connectivity index (χ1v) is 10.3. The Morgan fingerprint density at radius 1 is 1.11 bits per heavy atom. The van der Waals surface area contributed by atoms with E-state index in [0.29, 0.717) is 0 Å². The van der Waals surface area contributed by atoms with E-state index in [9.17, 15) is 8.78 Å². The number of alkyl halides is 3. The minimum absolute atomic E-state index is 0.240. The second-order valence-corrected chi connectivity index (χ2v) is 9.86. The summed E-state index contributed by atoms with van der Waals surface area (Å²) in [5.41, 5.74) is 0. The number of hydrogen-bond donors (Lipinski definition) is 0. The molecule has 0 saturated heterocycles. The van der Waals surface area contributed by atoms with Crippen molar-refractivity contribution in [2.24, 2.45) is 0 Å². The fraction of sp³-hybridized carbons (Fsp3) is 1.00. The third-order valence-electron chi connectivity index (χ3n) is 3.38. The molecule has 18 heavy (non-hydrogen) atoms. The quantitative estimate of drug-likeness (QED) is 0.321. The molecule has 0 amide bonds. The van der Waals surface area contributed by atoms with Crippen molar-refractivity contribution in [3.05, 3.63) is 0 Å². The summed E-state index contributed by atoms with van der Waals surface area (Å²) in [5, 5.41) is 0.242. The van der Waals surface area contributed by atoms with Crippen molar-refractivity contribution in [2.75, 3.05) is 11.9 Å². The summed E-state index contributed by atoms with van der Waals surface area (Å²) in [5.74, 6) is -2.93. The lowest BCUT2D eigenvalue weighted by Gasteiger charge is -2.36. The van der Waals surface area contributed by atoms with E-state index in [0.717, 1.165) is 18.1 Å². The Labute approximate surface area is 119 Å². The molecular formula is C12H25BrF2O2Si. The van der Waals surface area contributed by atoms with Gasteiger partial charge in [0.1, 0.15) is 0 Å². The summed E-state index contributed by atoms with van der Waals surface area (Å²) in [6, 6.07) is 2.52. The highest BCUT2D eigenvalue weighted by atomic mass is 79.9. The Morgan fingerprint density at radius 3 is 1.94 bits per heavy atom. The average molecular weight is 347 g/mol. The van der Waals surface area contributed by atoms with E-state index >= 15 is 0 Å². The highest BCUT2D eigenvalue weighted by molar-refractivity contribution is 9.09. The summed E-state index contributed by atoms with van der Waals surface area (Å²) in [4.78, 5) is 0. The molecule has 0 heterocycles. The van der Waals surface area contributed by atoms with E-state index in [1.165, 1.54) is 0 Å². The van der Waals surface area contributed by atoms with Gasteiger partial charge in [-0.2, -0.15) is 0 Å². The van der Waals surface area contributed by atoms with Gasteiger partial charge < -0.3 is 9.16 Å². The van der Waals surface area contributed by atoms with Gasteiger partial charge >= 0.3 is 0 Å². The third-order valence-corrected chi connectivity index (χ3v) is 8.36. The molecule has 6 heteroatoms. The molecule has 0 aromatic carbocycles. The van der Waals surface area contributed by atoms with E-state index in [1.807, 2.05) is 20.8 Å². The smallest absolute Gasteiger partial charge is 0.297 e. The van der Waals surface area contributed by atoms with Gasteiger partial charge in [-0.05, 0) is 25.1 Å². The van der Waals surface area contributed by atoms with E-state index < -0.39 is 20.5 Å². The first-order chi connectivity index (χ1) is 8.41. The summed E-state index contributed by atoms with van der Waals surface area (Å²) in [7, 11) is -2.08. The van der Waals surface area contributed by atoms with Gasteiger partial charge in [0, 0.05) is 18.4 Å². The predicted molar refractivity (Wildman–Crippen MR) is 77.1 cm³/mol. The maximum absolute atomic E-state index is 14.0. The molecule has 0 rings (SSSR count). The molecule has 0 aliphatic heterocycles. The highest BCUT2D eigenvalue weighted by Gasteiger charge is 2.45. The van der Waals surface area contributed by atoms with Crippen LogP contribution in [-0.4, -0.2) is 32.5 Å². The number of halogens is 3. The summed E-state index contributed by atoms with van der Waals surface area (Å²) in [6.07, 6.45) is -1.66. The molecule has 2 nitrogen and oxygen atoms in total. The lowest BCUT2D eigenvalue weighted by molar-refractivity contribution is -0.223. The van der Waals surface area contributed by atoms with E-state index in [1.54, 1.807) is 6.92 Å². The molecule has 1 unspecified atom stereocenters. The van der Waals surface area contributed by atoms with Crippen molar-refractivity contribution in [3.63, 3.8) is 0 Å². The minimum atomic E-state index is -2.93. The van der Waals surface area contributed by atoms with Gasteiger partial charge in [-0.15, -0.1) is 0 Å². The van der Waals surface area contributed by atoms with Crippen molar-refractivity contribution < 1.29 is 17.9 Å². The lowest BCUT2D eigenvalue weighted by Crippen LogP contribution is -2.48. The predicted octanol–water partition coefficient (Wildman–Crippen LogP) is 4.79. The molecule has 0 radical (unpaired) electrons. The van der Waals surface area contributed by atoms with Crippen molar-refractivity contribution in [1.82, 2.24) is 0 Å². The molecule has 0 aliphatic carbocycles. The van der Waals surface area contributed by atoms with Crippen LogP contribution < -0.4 is 0 Å². The molecule has 0 bridgehead atoms. The minimum Gasteiger partial charge on any atom is -0.388 e. The Kier molecular flexibility index (Phi) is 8.84. The molecule has 0 fully saturated rings. The number of rotatable bonds is 10. The van der Waals surface area contributed by atoms with Crippen LogP contribution in [0, 0.1) is 0 Å². The molecule has 0 spiro atoms. The van der Waals surface area contributed by atoms with Gasteiger partial charge in [0.15, 0.2) is 8.32 Å². The molecular weight excluding hydrogens is 322 g/mol. The van der Waals surface area contributed by atoms with Crippen molar-refractivity contribution in [1.29, 1.82) is 0 Å². The SMILES string of the molecule is CCOC(O[Si](CC)(CC)CC)C(F)(F)CCBr. The van der Waals surface area contributed by atoms with Crippen LogP contribution in [0.2, 0.25) is 18.1 Å². The van der Waals surface area contributed by atoms with Gasteiger partial charge in [-0.3, -0.25) is 0 Å². The molecule has 0 saturated carbocycles. The van der Waals surface area contributed by atoms with Crippen LogP contribution in [0.4, 0.5) is 8.78 Å². The van der Waals surface area contributed by atoms with Gasteiger partial charge in [0.05, 0.1) is 0 Å². The van der Waals surface area contributed by atoms with Crippen LogP contribution in [0.1, 0.15) is 34.1 Å². The maximum Gasteiger partial charge on any atom is 0.297 e. The van der Waals surface area contributed by atoms with Crippen LogP contribution in [0.25, 0.3) is 0 Å². The molecule has 0 aliphatic rings. The first kappa shape index (κ1) is 18.5. The normalized spacial score (nSPS) is 14.8. The van der Waals surface area contributed by atoms with Gasteiger partial charge in [0.2, 0.25) is 6.29 Å². The van der Waals surface area contributed by atoms with E-state index in [-0.39, 0.29) is 18.4 Å². The Morgan fingerprint density at radius 2 is 1.61 bits per heavy atom. The molecule has 110 valence electrons. The third kappa shape index (κ3) is 5.23. The van der Waals surface area contributed by atoms with Crippen LogP contribution in [0.5, 0.6) is 0 Å². The van der Waals surface area contributed by atoms with Crippen LogP contribution in [0.15, 0.2) is 0 Å². The zero-order chi connectivity index (χ0) is 14.2. The summed E-state index contributed by atoms with van der Waals surface area (Å²) >= 11 is 3.06. The van der Waals surface area contributed by atoms with E-state index in [2.05, 4.69) is 15.9 Å². The molecule has 0 aromatic rings. The van der Waals surface area contributed by atoms with E-state index in [4.69, 9.17) is 9.16 Å². The monoisotopic (exact) mass is 346 g/mol. The zero-order valence-corrected chi connectivity index (χ0v) is 14.4. The molecule has 1 atom stereocenters. The molecule has 0 aromatic heterocycles. The second kappa shape index (κ2) is 8.61. The van der Waals surface area contributed by atoms with Crippen molar-refractivity contribution in [2.45, 2.75) is 64.5 Å². The summed E-state index contributed by atoms with van der Waals surface area (Å²) < 4.78 is 38.9. The maximum atomic E-state index is 14.0. The van der Waals surface area contributed by atoms with Gasteiger partial charge in [-0.1, -0.05) is 36.7 Å². The highest BCUT2D eigenvalue weighted by Crippen LogP contribution is 2.33. The van der Waals surface area contributed by atoms with Crippen molar-refractivity contribution >= 4 is 24.2 Å². The Hall–Kier alpha value is 0.477. The van der Waals surface area contributed by atoms with Crippen LogP contribution in [0.3, 0.4) is 0 Å².